The topological polar surface area (TPSA) is 9.23 Å². The number of rotatable bonds is 9. The lowest BCUT2D eigenvalue weighted by atomic mass is 9.77. The molecule has 1 rings (SSSR count). The minimum Gasteiger partial charge on any atom is -0.381 e. The maximum absolute atomic E-state index is 5.80. The molecule has 1 aromatic rings. The van der Waals surface area contributed by atoms with Crippen molar-refractivity contribution in [2.24, 2.45) is 5.92 Å². The monoisotopic (exact) mass is 326 g/mol. The van der Waals surface area contributed by atoms with Gasteiger partial charge in [-0.05, 0) is 30.7 Å². The third-order valence-electron chi connectivity index (χ3n) is 3.88. The number of alkyl halides is 1. The highest BCUT2D eigenvalue weighted by molar-refractivity contribution is 9.09. The molecule has 0 fully saturated rings. The maximum Gasteiger partial charge on any atom is 0.0474 e. The molecule has 0 aliphatic heterocycles. The Bertz CT molecular complexity index is 330. The molecule has 1 atom stereocenters. The van der Waals surface area contributed by atoms with Crippen molar-refractivity contribution >= 4 is 15.9 Å². The second-order valence-electron chi connectivity index (χ2n) is 5.68. The van der Waals surface area contributed by atoms with Gasteiger partial charge in [-0.3, -0.25) is 0 Å². The second-order valence-corrected chi connectivity index (χ2v) is 6.24. The third kappa shape index (κ3) is 5.27. The quantitative estimate of drug-likeness (QED) is 0.448. The van der Waals surface area contributed by atoms with Gasteiger partial charge in [-0.15, -0.1) is 0 Å². The van der Waals surface area contributed by atoms with Gasteiger partial charge in [0.1, 0.15) is 0 Å². The summed E-state index contributed by atoms with van der Waals surface area (Å²) in [5.74, 6) is 0.723. The van der Waals surface area contributed by atoms with Crippen LogP contribution in [-0.2, 0) is 10.2 Å². The summed E-state index contributed by atoms with van der Waals surface area (Å²) in [5, 5.41) is 0.994. The minimum atomic E-state index is 0.207. The van der Waals surface area contributed by atoms with E-state index in [9.17, 15) is 0 Å². The molecule has 0 radical (unpaired) electrons. The van der Waals surface area contributed by atoms with Crippen LogP contribution >= 0.6 is 15.9 Å². The Kier molecular flexibility index (Phi) is 7.70. The van der Waals surface area contributed by atoms with Crippen LogP contribution in [-0.4, -0.2) is 18.5 Å². The summed E-state index contributed by atoms with van der Waals surface area (Å²) in [7, 11) is 0. The highest BCUT2D eigenvalue weighted by atomic mass is 79.9. The van der Waals surface area contributed by atoms with E-state index in [0.717, 1.165) is 43.7 Å². The Morgan fingerprint density at radius 1 is 1.16 bits per heavy atom. The molecule has 19 heavy (non-hydrogen) atoms. The number of hydrogen-bond donors (Lipinski definition) is 0. The van der Waals surface area contributed by atoms with Crippen LogP contribution in [0.25, 0.3) is 0 Å². The molecule has 0 spiro atoms. The van der Waals surface area contributed by atoms with Crippen molar-refractivity contribution in [3.8, 4) is 0 Å². The van der Waals surface area contributed by atoms with E-state index in [1.807, 2.05) is 0 Å². The Morgan fingerprint density at radius 3 is 2.37 bits per heavy atom. The van der Waals surface area contributed by atoms with Gasteiger partial charge >= 0.3 is 0 Å². The van der Waals surface area contributed by atoms with Crippen molar-refractivity contribution in [3.63, 3.8) is 0 Å². The van der Waals surface area contributed by atoms with Crippen molar-refractivity contribution in [2.45, 2.75) is 45.4 Å². The molecule has 0 amide bonds. The van der Waals surface area contributed by atoms with Crippen molar-refractivity contribution in [1.82, 2.24) is 0 Å². The molecule has 1 nitrogen and oxygen atoms in total. The van der Waals surface area contributed by atoms with Gasteiger partial charge in [0.25, 0.3) is 0 Å². The molecule has 0 aromatic heterocycles. The van der Waals surface area contributed by atoms with Crippen molar-refractivity contribution in [3.05, 3.63) is 35.9 Å². The molecule has 0 saturated heterocycles. The predicted molar refractivity (Wildman–Crippen MR) is 87.1 cm³/mol. The molecule has 0 saturated carbocycles. The van der Waals surface area contributed by atoms with Crippen LogP contribution in [0.3, 0.4) is 0 Å². The van der Waals surface area contributed by atoms with Gasteiger partial charge in [0.2, 0.25) is 0 Å². The Hall–Kier alpha value is -0.340. The normalized spacial score (nSPS) is 14.6. The number of ether oxygens (including phenoxy) is 1. The summed E-state index contributed by atoms with van der Waals surface area (Å²) in [6.45, 7) is 8.47. The standard InChI is InChI=1S/C17H27BrO/c1-4-17(14-18,16-8-6-5-7-9-16)11-13-19-12-10-15(2)3/h5-9,15H,4,10-14H2,1-3H3. The highest BCUT2D eigenvalue weighted by Gasteiger charge is 2.28. The van der Waals surface area contributed by atoms with E-state index in [1.54, 1.807) is 0 Å². The summed E-state index contributed by atoms with van der Waals surface area (Å²) in [6, 6.07) is 10.8. The van der Waals surface area contributed by atoms with Crippen molar-refractivity contribution in [2.75, 3.05) is 18.5 Å². The van der Waals surface area contributed by atoms with E-state index in [2.05, 4.69) is 67.0 Å². The first-order valence-electron chi connectivity index (χ1n) is 7.34. The van der Waals surface area contributed by atoms with Crippen LogP contribution in [0, 0.1) is 5.92 Å². The molecule has 1 aromatic carbocycles. The molecular formula is C17H27BrO. The van der Waals surface area contributed by atoms with Gasteiger partial charge in [0, 0.05) is 24.0 Å². The average molecular weight is 327 g/mol. The Labute approximate surface area is 126 Å². The molecule has 0 aliphatic rings. The van der Waals surface area contributed by atoms with Crippen molar-refractivity contribution in [1.29, 1.82) is 0 Å². The second kappa shape index (κ2) is 8.76. The number of hydrogen-bond acceptors (Lipinski definition) is 1. The highest BCUT2D eigenvalue weighted by Crippen LogP contribution is 2.33. The van der Waals surface area contributed by atoms with Crippen LogP contribution in [0.5, 0.6) is 0 Å². The van der Waals surface area contributed by atoms with E-state index >= 15 is 0 Å². The van der Waals surface area contributed by atoms with Crippen LogP contribution in [0.4, 0.5) is 0 Å². The van der Waals surface area contributed by atoms with Gasteiger partial charge in [-0.1, -0.05) is 67.0 Å². The van der Waals surface area contributed by atoms with E-state index in [-0.39, 0.29) is 5.41 Å². The van der Waals surface area contributed by atoms with E-state index in [0.29, 0.717) is 0 Å². The predicted octanol–water partition coefficient (Wildman–Crippen LogP) is 5.18. The van der Waals surface area contributed by atoms with Gasteiger partial charge in [-0.2, -0.15) is 0 Å². The summed E-state index contributed by atoms with van der Waals surface area (Å²) < 4.78 is 5.80. The fraction of sp³-hybridized carbons (Fsp3) is 0.647. The molecule has 0 N–H and O–H groups in total. The number of benzene rings is 1. The first kappa shape index (κ1) is 16.7. The molecule has 2 heteroatoms. The van der Waals surface area contributed by atoms with Crippen LogP contribution in [0.2, 0.25) is 0 Å². The van der Waals surface area contributed by atoms with Gasteiger partial charge in [0.05, 0.1) is 0 Å². The first-order valence-corrected chi connectivity index (χ1v) is 8.46. The van der Waals surface area contributed by atoms with Crippen LogP contribution in [0.1, 0.15) is 45.6 Å². The summed E-state index contributed by atoms with van der Waals surface area (Å²) in [5.41, 5.74) is 1.63. The zero-order valence-electron chi connectivity index (χ0n) is 12.5. The van der Waals surface area contributed by atoms with E-state index < -0.39 is 0 Å². The lowest BCUT2D eigenvalue weighted by Gasteiger charge is -2.31. The van der Waals surface area contributed by atoms with E-state index in [1.165, 1.54) is 5.56 Å². The summed E-state index contributed by atoms with van der Waals surface area (Å²) >= 11 is 3.71. The first-order chi connectivity index (χ1) is 9.14. The SMILES string of the molecule is CCC(CBr)(CCOCCC(C)C)c1ccccc1. The largest absolute Gasteiger partial charge is 0.381 e. The molecule has 108 valence electrons. The minimum absolute atomic E-state index is 0.207. The van der Waals surface area contributed by atoms with Gasteiger partial charge in [-0.25, -0.2) is 0 Å². The molecule has 0 aliphatic carbocycles. The fourth-order valence-electron chi connectivity index (χ4n) is 2.24. The molecule has 1 unspecified atom stereocenters. The molecular weight excluding hydrogens is 300 g/mol. The maximum atomic E-state index is 5.80. The number of halogens is 1. The summed E-state index contributed by atoms with van der Waals surface area (Å²) in [4.78, 5) is 0. The molecule has 0 heterocycles. The average Bonchev–Trinajstić information content (AvgIpc) is 2.44. The molecule has 0 bridgehead atoms. The third-order valence-corrected chi connectivity index (χ3v) is 4.96. The Balaban J connectivity index is 2.53. The smallest absolute Gasteiger partial charge is 0.0474 e. The van der Waals surface area contributed by atoms with Gasteiger partial charge in [0.15, 0.2) is 0 Å². The van der Waals surface area contributed by atoms with Crippen molar-refractivity contribution < 1.29 is 4.74 Å². The lowest BCUT2D eigenvalue weighted by molar-refractivity contribution is 0.107. The van der Waals surface area contributed by atoms with Crippen LogP contribution in [0.15, 0.2) is 30.3 Å². The zero-order valence-corrected chi connectivity index (χ0v) is 14.1. The zero-order chi connectivity index (χ0) is 14.1. The lowest BCUT2D eigenvalue weighted by Crippen LogP contribution is -2.29. The summed E-state index contributed by atoms with van der Waals surface area (Å²) in [6.07, 6.45) is 3.37. The van der Waals surface area contributed by atoms with E-state index in [4.69, 9.17) is 4.74 Å². The Morgan fingerprint density at radius 2 is 1.84 bits per heavy atom. The van der Waals surface area contributed by atoms with Crippen LogP contribution < -0.4 is 0 Å². The van der Waals surface area contributed by atoms with Gasteiger partial charge < -0.3 is 4.74 Å². The fourth-order valence-corrected chi connectivity index (χ4v) is 3.24.